The van der Waals surface area contributed by atoms with Gasteiger partial charge >= 0.3 is 0 Å². The zero-order chi connectivity index (χ0) is 19.1. The van der Waals surface area contributed by atoms with Crippen LogP contribution >= 0.6 is 11.6 Å². The van der Waals surface area contributed by atoms with E-state index in [9.17, 15) is 0 Å². The summed E-state index contributed by atoms with van der Waals surface area (Å²) in [6, 6.07) is 7.64. The van der Waals surface area contributed by atoms with E-state index in [4.69, 9.17) is 20.9 Å². The van der Waals surface area contributed by atoms with Crippen LogP contribution in [0, 0.1) is 0 Å². The smallest absolute Gasteiger partial charge is 0.194 e. The monoisotopic (exact) mass is 391 g/mol. The Morgan fingerprint density at radius 2 is 2.11 bits per heavy atom. The molecule has 0 atom stereocenters. The largest absolute Gasteiger partial charge is 0.493 e. The maximum Gasteiger partial charge on any atom is 0.194 e. The first-order valence-electron chi connectivity index (χ1n) is 9.18. The highest BCUT2D eigenvalue weighted by molar-refractivity contribution is 6.30. The summed E-state index contributed by atoms with van der Waals surface area (Å²) in [5.74, 6) is 1.71. The maximum atomic E-state index is 6.08. The van der Waals surface area contributed by atoms with Crippen LogP contribution in [0.25, 0.3) is 0 Å². The number of guanidine groups is 1. The average Bonchev–Trinajstić information content (AvgIpc) is 3.18. The Labute approximate surface area is 164 Å². The minimum Gasteiger partial charge on any atom is -0.493 e. The number of nitrogens with zero attached hydrogens (tertiary/aromatic N) is 4. The summed E-state index contributed by atoms with van der Waals surface area (Å²) in [7, 11) is 1.81. The fourth-order valence-electron chi connectivity index (χ4n) is 3.14. The van der Waals surface area contributed by atoms with Gasteiger partial charge in [-0.2, -0.15) is 0 Å². The van der Waals surface area contributed by atoms with E-state index in [-0.39, 0.29) is 0 Å². The molecule has 1 N–H and O–H groups in total. The van der Waals surface area contributed by atoms with Crippen molar-refractivity contribution in [1.29, 1.82) is 0 Å². The molecule has 0 saturated carbocycles. The summed E-state index contributed by atoms with van der Waals surface area (Å²) < 4.78 is 10.6. The molecule has 1 fully saturated rings. The highest BCUT2D eigenvalue weighted by atomic mass is 35.5. The van der Waals surface area contributed by atoms with Gasteiger partial charge in [-0.15, -0.1) is 0 Å². The lowest BCUT2D eigenvalue weighted by molar-refractivity contribution is 0.169. The molecule has 1 saturated heterocycles. The molecule has 0 radical (unpaired) electrons. The van der Waals surface area contributed by atoms with E-state index < -0.39 is 0 Å². The molecule has 1 aromatic heterocycles. The van der Waals surface area contributed by atoms with Crippen LogP contribution in [0.5, 0.6) is 5.75 Å². The normalized spacial score (nSPS) is 15.8. The average molecular weight is 392 g/mol. The minimum atomic E-state index is 0.607. The predicted octanol–water partition coefficient (Wildman–Crippen LogP) is 2.62. The van der Waals surface area contributed by atoms with Crippen molar-refractivity contribution < 1.29 is 9.26 Å². The summed E-state index contributed by atoms with van der Waals surface area (Å²) in [4.78, 5) is 9.08. The first-order chi connectivity index (χ1) is 13.2. The molecule has 2 heterocycles. The standard InChI is InChI=1S/C19H26ClN5O2/c1-3-26-18-12-16(20)5-4-15(18)13-22-19(21-2)25-9-7-24(8-10-25)14-17-6-11-27-23-17/h4-6,11-12H,3,7-10,13-14H2,1-2H3,(H,21,22). The maximum absolute atomic E-state index is 6.08. The van der Waals surface area contributed by atoms with E-state index in [2.05, 4.69) is 25.3 Å². The lowest BCUT2D eigenvalue weighted by Gasteiger charge is -2.36. The van der Waals surface area contributed by atoms with Crippen LogP contribution in [0.3, 0.4) is 0 Å². The van der Waals surface area contributed by atoms with E-state index in [0.29, 0.717) is 18.2 Å². The molecule has 7 nitrogen and oxygen atoms in total. The van der Waals surface area contributed by atoms with Crippen molar-refractivity contribution in [3.05, 3.63) is 46.8 Å². The van der Waals surface area contributed by atoms with Crippen LogP contribution in [0.4, 0.5) is 0 Å². The van der Waals surface area contributed by atoms with Crippen molar-refractivity contribution in [1.82, 2.24) is 20.3 Å². The van der Waals surface area contributed by atoms with Crippen molar-refractivity contribution in [3.63, 3.8) is 0 Å². The number of nitrogens with one attached hydrogen (secondary N) is 1. The number of halogens is 1. The number of rotatable bonds is 6. The third kappa shape index (κ3) is 5.37. The van der Waals surface area contributed by atoms with Crippen LogP contribution in [-0.4, -0.2) is 60.7 Å². The van der Waals surface area contributed by atoms with Gasteiger partial charge in [0, 0.05) is 63.0 Å². The van der Waals surface area contributed by atoms with E-state index in [1.165, 1.54) is 0 Å². The van der Waals surface area contributed by atoms with Gasteiger partial charge < -0.3 is 19.5 Å². The summed E-state index contributed by atoms with van der Waals surface area (Å²) in [5, 5.41) is 8.10. The molecule has 146 valence electrons. The fourth-order valence-corrected chi connectivity index (χ4v) is 3.30. The molecule has 0 amide bonds. The van der Waals surface area contributed by atoms with Crippen molar-refractivity contribution >= 4 is 17.6 Å². The number of aromatic nitrogens is 1. The Morgan fingerprint density at radius 3 is 2.78 bits per heavy atom. The molecule has 0 spiro atoms. The molecule has 0 aliphatic carbocycles. The molecule has 27 heavy (non-hydrogen) atoms. The molecule has 1 aromatic carbocycles. The van der Waals surface area contributed by atoms with Gasteiger partial charge in [-0.1, -0.05) is 22.8 Å². The number of aliphatic imine (C=N–C) groups is 1. The van der Waals surface area contributed by atoms with Gasteiger partial charge in [0.25, 0.3) is 0 Å². The van der Waals surface area contributed by atoms with Crippen LogP contribution in [-0.2, 0) is 13.1 Å². The van der Waals surface area contributed by atoms with Crippen LogP contribution < -0.4 is 10.1 Å². The van der Waals surface area contributed by atoms with Crippen LogP contribution in [0.1, 0.15) is 18.2 Å². The van der Waals surface area contributed by atoms with E-state index in [1.54, 1.807) is 6.26 Å². The van der Waals surface area contributed by atoms with Crippen LogP contribution in [0.2, 0.25) is 5.02 Å². The third-order valence-electron chi connectivity index (χ3n) is 4.53. The molecule has 3 rings (SSSR count). The van der Waals surface area contributed by atoms with E-state index in [0.717, 1.165) is 55.7 Å². The molecular formula is C19H26ClN5O2. The SMILES string of the molecule is CCOc1cc(Cl)ccc1CNC(=NC)N1CCN(Cc2ccon2)CC1. The fraction of sp³-hybridized carbons (Fsp3) is 0.474. The van der Waals surface area contributed by atoms with Gasteiger partial charge in [-0.05, 0) is 19.1 Å². The summed E-state index contributed by atoms with van der Waals surface area (Å²) in [5.41, 5.74) is 2.03. The lowest BCUT2D eigenvalue weighted by Crippen LogP contribution is -2.52. The Kier molecular flexibility index (Phi) is 6.95. The molecular weight excluding hydrogens is 366 g/mol. The Hall–Kier alpha value is -2.25. The number of hydrogen-bond acceptors (Lipinski definition) is 5. The third-order valence-corrected chi connectivity index (χ3v) is 4.76. The van der Waals surface area contributed by atoms with Crippen molar-refractivity contribution in [2.45, 2.75) is 20.0 Å². The number of ether oxygens (including phenoxy) is 1. The molecule has 1 aliphatic heterocycles. The highest BCUT2D eigenvalue weighted by Crippen LogP contribution is 2.23. The predicted molar refractivity (Wildman–Crippen MR) is 106 cm³/mol. The van der Waals surface area contributed by atoms with Crippen molar-refractivity contribution in [2.24, 2.45) is 4.99 Å². The highest BCUT2D eigenvalue weighted by Gasteiger charge is 2.20. The molecule has 0 unspecified atom stereocenters. The van der Waals surface area contributed by atoms with Gasteiger partial charge in [-0.3, -0.25) is 9.89 Å². The first-order valence-corrected chi connectivity index (χ1v) is 9.56. The van der Waals surface area contributed by atoms with Gasteiger partial charge in [0.15, 0.2) is 5.96 Å². The number of piperazine rings is 1. The van der Waals surface area contributed by atoms with Crippen molar-refractivity contribution in [2.75, 3.05) is 39.8 Å². The summed E-state index contributed by atoms with van der Waals surface area (Å²) >= 11 is 6.08. The minimum absolute atomic E-state index is 0.607. The second-order valence-electron chi connectivity index (χ2n) is 6.34. The summed E-state index contributed by atoms with van der Waals surface area (Å²) in [6.45, 7) is 7.77. The quantitative estimate of drug-likeness (QED) is 0.603. The summed E-state index contributed by atoms with van der Waals surface area (Å²) in [6.07, 6.45) is 1.62. The number of benzene rings is 1. The van der Waals surface area contributed by atoms with Gasteiger partial charge in [0.05, 0.1) is 12.3 Å². The Morgan fingerprint density at radius 1 is 1.30 bits per heavy atom. The van der Waals surface area contributed by atoms with E-state index >= 15 is 0 Å². The Balaban J connectivity index is 1.53. The van der Waals surface area contributed by atoms with Crippen molar-refractivity contribution in [3.8, 4) is 5.75 Å². The van der Waals surface area contributed by atoms with Gasteiger partial charge in [-0.25, -0.2) is 0 Å². The van der Waals surface area contributed by atoms with Gasteiger partial charge in [0.1, 0.15) is 12.0 Å². The molecule has 8 heteroatoms. The first kappa shape index (κ1) is 19.5. The van der Waals surface area contributed by atoms with Gasteiger partial charge in [0.2, 0.25) is 0 Å². The Bertz CT molecular complexity index is 743. The zero-order valence-electron chi connectivity index (χ0n) is 15.8. The lowest BCUT2D eigenvalue weighted by atomic mass is 10.2. The number of hydrogen-bond donors (Lipinski definition) is 1. The molecule has 1 aliphatic rings. The zero-order valence-corrected chi connectivity index (χ0v) is 16.6. The molecule has 0 bridgehead atoms. The second kappa shape index (κ2) is 9.62. The topological polar surface area (TPSA) is 66.1 Å². The molecule has 2 aromatic rings. The van der Waals surface area contributed by atoms with E-state index in [1.807, 2.05) is 38.2 Å². The van der Waals surface area contributed by atoms with Crippen LogP contribution in [0.15, 0.2) is 40.0 Å². The second-order valence-corrected chi connectivity index (χ2v) is 6.78.